The first-order valence-corrected chi connectivity index (χ1v) is 9.85. The van der Waals surface area contributed by atoms with Gasteiger partial charge in [0, 0.05) is 28.7 Å². The average molecular weight is 669 g/mol. The van der Waals surface area contributed by atoms with Crippen LogP contribution in [-0.4, -0.2) is 17.6 Å². The Morgan fingerprint density at radius 1 is 0.244 bits per heavy atom. The molecule has 4 aromatic carbocycles. The predicted octanol–water partition coefficient (Wildman–Crippen LogP) is 8.55. The van der Waals surface area contributed by atoms with E-state index in [1.807, 2.05) is 0 Å². The van der Waals surface area contributed by atoms with Gasteiger partial charge in [-0.3, -0.25) is 0 Å². The Bertz CT molecular complexity index is 1490. The van der Waals surface area contributed by atoms with Crippen molar-refractivity contribution >= 4 is 17.6 Å². The van der Waals surface area contributed by atoms with Gasteiger partial charge in [0.2, 0.25) is 11.6 Å². The van der Waals surface area contributed by atoms with Crippen LogP contribution in [0.3, 0.4) is 0 Å². The smallest absolute Gasteiger partial charge is 0.200 e. The van der Waals surface area contributed by atoms with Crippen LogP contribution in [0, 0.1) is 93.1 Å². The molecule has 17 heteroatoms. The van der Waals surface area contributed by atoms with Gasteiger partial charge < -0.3 is 0 Å². The average Bonchev–Trinajstić information content (AvgIpc) is 2.93. The second kappa shape index (κ2) is 12.4. The Hall–Kier alpha value is -3.70. The SMILES string of the molecule is Fc1ccc(-c2c(F)c(F)c(F)c(F)c2F)c(F)c1F.Fc1ccc(-c2c(F)c(F)c(F)c(F)c2F)c(F)c1F.[Ge]. The van der Waals surface area contributed by atoms with Crippen molar-refractivity contribution in [3.63, 3.8) is 0 Å². The minimum absolute atomic E-state index is 0. The first kappa shape index (κ1) is 33.5. The van der Waals surface area contributed by atoms with E-state index < -0.39 is 115 Å². The van der Waals surface area contributed by atoms with Gasteiger partial charge in [0.15, 0.2) is 81.4 Å². The van der Waals surface area contributed by atoms with Crippen molar-refractivity contribution < 1.29 is 70.2 Å². The molecular formula is C24H4F16Ge. The number of rotatable bonds is 2. The van der Waals surface area contributed by atoms with Gasteiger partial charge in [-0.05, 0) is 24.3 Å². The summed E-state index contributed by atoms with van der Waals surface area (Å²) >= 11 is 0. The van der Waals surface area contributed by atoms with E-state index in [1.54, 1.807) is 0 Å². The molecule has 0 nitrogen and oxygen atoms in total. The number of hydrogen-bond donors (Lipinski definition) is 0. The largest absolute Gasteiger partial charge is 0.204 e. The zero-order valence-electron chi connectivity index (χ0n) is 18.9. The van der Waals surface area contributed by atoms with Gasteiger partial charge in [0.05, 0.1) is 11.1 Å². The summed E-state index contributed by atoms with van der Waals surface area (Å²) in [6.07, 6.45) is 0. The Morgan fingerprint density at radius 3 is 0.707 bits per heavy atom. The molecule has 4 rings (SSSR count). The topological polar surface area (TPSA) is 0 Å². The van der Waals surface area contributed by atoms with Gasteiger partial charge in [-0.2, -0.15) is 0 Å². The molecule has 216 valence electrons. The van der Waals surface area contributed by atoms with E-state index in [2.05, 4.69) is 0 Å². The first-order chi connectivity index (χ1) is 18.5. The molecule has 0 atom stereocenters. The van der Waals surface area contributed by atoms with E-state index in [0.29, 0.717) is 24.3 Å². The molecule has 0 N–H and O–H groups in total. The molecule has 4 radical (unpaired) electrons. The third-order valence-electron chi connectivity index (χ3n) is 5.03. The van der Waals surface area contributed by atoms with Crippen LogP contribution in [0.1, 0.15) is 0 Å². The van der Waals surface area contributed by atoms with Crippen LogP contribution >= 0.6 is 0 Å². The van der Waals surface area contributed by atoms with Gasteiger partial charge in [-0.25, -0.2) is 70.2 Å². The van der Waals surface area contributed by atoms with Crippen molar-refractivity contribution in [3.05, 3.63) is 117 Å². The van der Waals surface area contributed by atoms with Crippen LogP contribution in [0.25, 0.3) is 22.3 Å². The number of benzene rings is 4. The maximum absolute atomic E-state index is 13.4. The molecule has 0 aliphatic carbocycles. The van der Waals surface area contributed by atoms with Crippen LogP contribution in [0.4, 0.5) is 70.2 Å². The molecule has 0 saturated heterocycles. The van der Waals surface area contributed by atoms with Crippen LogP contribution < -0.4 is 0 Å². The summed E-state index contributed by atoms with van der Waals surface area (Å²) < 4.78 is 209. The van der Waals surface area contributed by atoms with Crippen molar-refractivity contribution in [2.24, 2.45) is 0 Å². The normalized spacial score (nSPS) is 10.7. The summed E-state index contributed by atoms with van der Waals surface area (Å²) in [4.78, 5) is 0. The molecule has 0 saturated carbocycles. The Kier molecular flexibility index (Phi) is 10.2. The molecule has 0 amide bonds. The molecule has 0 spiro atoms. The van der Waals surface area contributed by atoms with Gasteiger partial charge in [-0.1, -0.05) is 0 Å². The molecule has 0 aliphatic heterocycles. The van der Waals surface area contributed by atoms with Gasteiger partial charge in [-0.15, -0.1) is 0 Å². The van der Waals surface area contributed by atoms with Crippen LogP contribution in [0.2, 0.25) is 0 Å². The predicted molar refractivity (Wildman–Crippen MR) is 109 cm³/mol. The summed E-state index contributed by atoms with van der Waals surface area (Å²) in [6.45, 7) is 0. The van der Waals surface area contributed by atoms with E-state index in [4.69, 9.17) is 0 Å². The summed E-state index contributed by atoms with van der Waals surface area (Å²) in [5, 5.41) is 0. The summed E-state index contributed by atoms with van der Waals surface area (Å²) in [5.41, 5.74) is -5.90. The van der Waals surface area contributed by atoms with E-state index in [0.717, 1.165) is 0 Å². The molecule has 4 aromatic rings. The van der Waals surface area contributed by atoms with E-state index >= 15 is 0 Å². The zero-order valence-corrected chi connectivity index (χ0v) is 21.0. The molecule has 0 aromatic heterocycles. The first-order valence-electron chi connectivity index (χ1n) is 9.85. The van der Waals surface area contributed by atoms with Crippen molar-refractivity contribution in [2.45, 2.75) is 0 Å². The fraction of sp³-hybridized carbons (Fsp3) is 0. The molecule has 0 unspecified atom stereocenters. The molecular weight excluding hydrogens is 665 g/mol. The monoisotopic (exact) mass is 670 g/mol. The van der Waals surface area contributed by atoms with E-state index in [9.17, 15) is 70.2 Å². The minimum Gasteiger partial charge on any atom is -0.204 e. The Balaban J connectivity index is 0.000000280. The molecule has 0 aliphatic rings. The fourth-order valence-corrected chi connectivity index (χ4v) is 3.12. The van der Waals surface area contributed by atoms with Crippen LogP contribution in [0.5, 0.6) is 0 Å². The maximum Gasteiger partial charge on any atom is 0.200 e. The second-order valence-corrected chi connectivity index (χ2v) is 7.34. The standard InChI is InChI=1S/2C12H2F8.Ge/c2*13-4-2-1-3(6(14)7(4)15)5-8(16)10(18)12(20)11(19)9(5)17;/h2*1-2H;. The van der Waals surface area contributed by atoms with Crippen LogP contribution in [-0.2, 0) is 0 Å². The van der Waals surface area contributed by atoms with Crippen molar-refractivity contribution in [3.8, 4) is 22.3 Å². The summed E-state index contributed by atoms with van der Waals surface area (Å²) in [6, 6.07) is 1.33. The number of hydrogen-bond acceptors (Lipinski definition) is 0. The molecule has 41 heavy (non-hydrogen) atoms. The van der Waals surface area contributed by atoms with Crippen molar-refractivity contribution in [1.29, 1.82) is 0 Å². The molecule has 0 fully saturated rings. The van der Waals surface area contributed by atoms with E-state index in [-0.39, 0.29) is 17.6 Å². The zero-order chi connectivity index (χ0) is 30.4. The van der Waals surface area contributed by atoms with Gasteiger partial charge in [0.1, 0.15) is 0 Å². The Labute approximate surface area is 227 Å². The quantitative estimate of drug-likeness (QED) is 0.0870. The minimum atomic E-state index is -2.44. The summed E-state index contributed by atoms with van der Waals surface area (Å²) in [7, 11) is 0. The fourth-order valence-electron chi connectivity index (χ4n) is 3.12. The third-order valence-corrected chi connectivity index (χ3v) is 5.03. The number of halogens is 16. The van der Waals surface area contributed by atoms with Crippen molar-refractivity contribution in [1.82, 2.24) is 0 Å². The summed E-state index contributed by atoms with van der Waals surface area (Å²) in [5.74, 6) is -35.2. The molecule has 0 heterocycles. The van der Waals surface area contributed by atoms with Crippen molar-refractivity contribution in [2.75, 3.05) is 0 Å². The Morgan fingerprint density at radius 2 is 0.463 bits per heavy atom. The van der Waals surface area contributed by atoms with E-state index in [1.165, 1.54) is 0 Å². The maximum atomic E-state index is 13.4. The van der Waals surface area contributed by atoms with Gasteiger partial charge in [0.25, 0.3) is 0 Å². The van der Waals surface area contributed by atoms with Gasteiger partial charge >= 0.3 is 0 Å². The molecule has 0 bridgehead atoms. The third kappa shape index (κ3) is 5.74. The second-order valence-electron chi connectivity index (χ2n) is 7.34. The van der Waals surface area contributed by atoms with Crippen LogP contribution in [0.15, 0.2) is 24.3 Å².